The highest BCUT2D eigenvalue weighted by Gasteiger charge is 2.63. The third kappa shape index (κ3) is 1.68. The van der Waals surface area contributed by atoms with Gasteiger partial charge >= 0.3 is 5.97 Å². The third-order valence-corrected chi connectivity index (χ3v) is 4.58. The van der Waals surface area contributed by atoms with Crippen molar-refractivity contribution in [3.8, 4) is 6.07 Å². The molecule has 0 spiro atoms. The number of carbonyl (C=O) groups excluding carboxylic acids is 2. The highest BCUT2D eigenvalue weighted by atomic mass is 32.2. The first-order chi connectivity index (χ1) is 7.90. The van der Waals surface area contributed by atoms with Crippen molar-refractivity contribution in [2.75, 3.05) is 6.61 Å². The number of nitrogens with zero attached hydrogens (tertiary/aromatic N) is 2. The molecule has 3 atom stereocenters. The molecule has 2 N–H and O–H groups in total. The Bertz CT molecular complexity index is 418. The zero-order valence-corrected chi connectivity index (χ0v) is 10.4. The lowest BCUT2D eigenvalue weighted by molar-refractivity contribution is -0.161. The summed E-state index contributed by atoms with van der Waals surface area (Å²) in [5.74, 6) is -0.765. The van der Waals surface area contributed by atoms with Crippen molar-refractivity contribution in [1.82, 2.24) is 4.90 Å². The van der Waals surface area contributed by atoms with Crippen LogP contribution in [-0.2, 0) is 14.3 Å². The van der Waals surface area contributed by atoms with Crippen LogP contribution in [0.4, 0.5) is 0 Å². The summed E-state index contributed by atoms with van der Waals surface area (Å²) in [5.41, 5.74) is 5.67. The molecule has 92 valence electrons. The molecule has 0 unspecified atom stereocenters. The first-order valence-corrected chi connectivity index (χ1v) is 6.07. The predicted molar refractivity (Wildman–Crippen MR) is 60.6 cm³/mol. The summed E-state index contributed by atoms with van der Waals surface area (Å²) >= 11 is 1.50. The molecular weight excluding hydrogens is 242 g/mol. The number of thioether (sulfide) groups is 1. The first-order valence-electron chi connectivity index (χ1n) is 5.19. The predicted octanol–water partition coefficient (Wildman–Crippen LogP) is -0.557. The standard InChI is InChI=1S/C10H13N3O3S/c1-10(2)6(9(15)16-4-3-11)13-7(14)5(12)8(13)17-10/h5-6,8H,4,12H2,1-2H3/t5-,6+,8-/m1/s1. The number of rotatable bonds is 2. The van der Waals surface area contributed by atoms with Crippen molar-refractivity contribution < 1.29 is 14.3 Å². The van der Waals surface area contributed by atoms with Crippen molar-refractivity contribution in [1.29, 1.82) is 5.26 Å². The van der Waals surface area contributed by atoms with E-state index in [4.69, 9.17) is 15.7 Å². The van der Waals surface area contributed by atoms with Crippen LogP contribution in [0.3, 0.4) is 0 Å². The van der Waals surface area contributed by atoms with E-state index in [2.05, 4.69) is 0 Å². The van der Waals surface area contributed by atoms with Crippen LogP contribution >= 0.6 is 11.8 Å². The van der Waals surface area contributed by atoms with E-state index in [0.717, 1.165) is 0 Å². The van der Waals surface area contributed by atoms with Gasteiger partial charge in [-0.05, 0) is 13.8 Å². The van der Waals surface area contributed by atoms with Crippen molar-refractivity contribution >= 4 is 23.6 Å². The number of hydrogen-bond donors (Lipinski definition) is 1. The van der Waals surface area contributed by atoms with Crippen molar-refractivity contribution in [2.45, 2.75) is 36.1 Å². The van der Waals surface area contributed by atoms with Gasteiger partial charge in [0.1, 0.15) is 23.5 Å². The molecule has 0 saturated carbocycles. The van der Waals surface area contributed by atoms with E-state index < -0.39 is 22.8 Å². The fourth-order valence-electron chi connectivity index (χ4n) is 2.20. The minimum Gasteiger partial charge on any atom is -0.449 e. The number of fused-ring (bicyclic) bond motifs is 1. The second-order valence-electron chi connectivity index (χ2n) is 4.55. The normalized spacial score (nSPS) is 33.6. The zero-order chi connectivity index (χ0) is 12.8. The lowest BCUT2D eigenvalue weighted by Crippen LogP contribution is -2.68. The minimum atomic E-state index is -0.654. The topological polar surface area (TPSA) is 96.4 Å². The number of nitrogens with two attached hydrogens (primary N) is 1. The van der Waals surface area contributed by atoms with Gasteiger partial charge in [-0.3, -0.25) is 4.79 Å². The quantitative estimate of drug-likeness (QED) is 0.525. The first kappa shape index (κ1) is 12.2. The second-order valence-corrected chi connectivity index (χ2v) is 6.32. The summed E-state index contributed by atoms with van der Waals surface area (Å²) in [6.45, 7) is 3.44. The Kier molecular flexibility index (Phi) is 2.79. The van der Waals surface area contributed by atoms with E-state index in [1.54, 1.807) is 6.07 Å². The van der Waals surface area contributed by atoms with Crippen LogP contribution in [0.1, 0.15) is 13.8 Å². The minimum absolute atomic E-state index is 0.155. The van der Waals surface area contributed by atoms with Gasteiger partial charge in [0.15, 0.2) is 6.61 Å². The molecular formula is C10H13N3O3S. The van der Waals surface area contributed by atoms with E-state index >= 15 is 0 Å². The summed E-state index contributed by atoms with van der Waals surface area (Å²) in [6, 6.07) is 0.547. The largest absolute Gasteiger partial charge is 0.449 e. The number of nitriles is 1. The van der Waals surface area contributed by atoms with Gasteiger partial charge in [-0.2, -0.15) is 5.26 Å². The summed E-state index contributed by atoms with van der Waals surface area (Å²) < 4.78 is 4.36. The average molecular weight is 255 g/mol. The van der Waals surface area contributed by atoms with Gasteiger partial charge in [-0.25, -0.2) is 4.79 Å². The Hall–Kier alpha value is -1.26. The van der Waals surface area contributed by atoms with Crippen molar-refractivity contribution in [3.63, 3.8) is 0 Å². The lowest BCUT2D eigenvalue weighted by Gasteiger charge is -2.41. The molecule has 2 fully saturated rings. The number of carbonyl (C=O) groups is 2. The lowest BCUT2D eigenvalue weighted by atomic mass is 9.96. The molecule has 0 aliphatic carbocycles. The van der Waals surface area contributed by atoms with Gasteiger partial charge in [-0.1, -0.05) is 0 Å². The van der Waals surface area contributed by atoms with E-state index in [0.29, 0.717) is 0 Å². The van der Waals surface area contributed by atoms with Crippen LogP contribution in [-0.4, -0.2) is 45.6 Å². The molecule has 2 heterocycles. The molecule has 0 aromatic rings. The third-order valence-electron chi connectivity index (χ3n) is 2.98. The summed E-state index contributed by atoms with van der Waals surface area (Å²) in [6.07, 6.45) is 0. The number of amides is 1. The van der Waals surface area contributed by atoms with Crippen LogP contribution in [0, 0.1) is 11.3 Å². The van der Waals surface area contributed by atoms with Crippen LogP contribution in [0.5, 0.6) is 0 Å². The molecule has 1 amide bonds. The van der Waals surface area contributed by atoms with Gasteiger partial charge in [0.25, 0.3) is 0 Å². The van der Waals surface area contributed by atoms with Crippen molar-refractivity contribution in [2.24, 2.45) is 5.73 Å². The van der Waals surface area contributed by atoms with Gasteiger partial charge < -0.3 is 15.4 Å². The Balaban J connectivity index is 2.18. The maximum Gasteiger partial charge on any atom is 0.331 e. The van der Waals surface area contributed by atoms with Crippen LogP contribution in [0.2, 0.25) is 0 Å². The highest BCUT2D eigenvalue weighted by molar-refractivity contribution is 8.01. The number of β-lactam (4-membered cyclic amide) rings is 1. The Labute approximate surface area is 103 Å². The molecule has 0 aromatic heterocycles. The van der Waals surface area contributed by atoms with Crippen LogP contribution in [0.15, 0.2) is 0 Å². The van der Waals surface area contributed by atoms with Gasteiger partial charge in [0.2, 0.25) is 5.91 Å². The van der Waals surface area contributed by atoms with E-state index in [-0.39, 0.29) is 17.9 Å². The van der Waals surface area contributed by atoms with E-state index in [1.165, 1.54) is 16.7 Å². The van der Waals surface area contributed by atoms with Crippen LogP contribution in [0.25, 0.3) is 0 Å². The van der Waals surface area contributed by atoms with E-state index in [9.17, 15) is 9.59 Å². The van der Waals surface area contributed by atoms with Gasteiger partial charge in [-0.15, -0.1) is 11.8 Å². The molecule has 6 nitrogen and oxygen atoms in total. The molecule has 7 heteroatoms. The summed E-state index contributed by atoms with van der Waals surface area (Å²) in [4.78, 5) is 24.9. The number of hydrogen-bond acceptors (Lipinski definition) is 6. The van der Waals surface area contributed by atoms with Gasteiger partial charge in [0.05, 0.1) is 0 Å². The van der Waals surface area contributed by atoms with E-state index in [1.807, 2.05) is 13.8 Å². The summed E-state index contributed by atoms with van der Waals surface area (Å²) in [7, 11) is 0. The van der Waals surface area contributed by atoms with Gasteiger partial charge in [0, 0.05) is 4.75 Å². The summed E-state index contributed by atoms with van der Waals surface area (Å²) in [5, 5.41) is 8.23. The second kappa shape index (κ2) is 3.89. The number of ether oxygens (including phenoxy) is 1. The Morgan fingerprint density at radius 1 is 1.71 bits per heavy atom. The zero-order valence-electron chi connectivity index (χ0n) is 9.54. The molecule has 0 aromatic carbocycles. The molecule has 17 heavy (non-hydrogen) atoms. The molecule has 0 bridgehead atoms. The smallest absolute Gasteiger partial charge is 0.331 e. The molecule has 0 radical (unpaired) electrons. The monoisotopic (exact) mass is 255 g/mol. The average Bonchev–Trinajstić information content (AvgIpc) is 2.54. The Morgan fingerprint density at radius 2 is 2.35 bits per heavy atom. The molecule has 2 rings (SSSR count). The van der Waals surface area contributed by atoms with Crippen LogP contribution < -0.4 is 5.73 Å². The fourth-order valence-corrected chi connectivity index (χ4v) is 3.77. The molecule has 2 aliphatic heterocycles. The molecule has 2 saturated heterocycles. The van der Waals surface area contributed by atoms with Crippen molar-refractivity contribution in [3.05, 3.63) is 0 Å². The Morgan fingerprint density at radius 3 is 2.94 bits per heavy atom. The molecule has 2 aliphatic rings. The fraction of sp³-hybridized carbons (Fsp3) is 0.700. The maximum absolute atomic E-state index is 11.8. The number of esters is 1. The highest BCUT2D eigenvalue weighted by Crippen LogP contribution is 2.50. The maximum atomic E-state index is 11.8. The SMILES string of the molecule is CC1(C)S[C@@H]2[C@H](N)C(=O)N2[C@H]1C(=O)OCC#N.